The minimum absolute atomic E-state index is 0.697. The van der Waals surface area contributed by atoms with E-state index in [0.717, 1.165) is 74.9 Å². The van der Waals surface area contributed by atoms with Crippen molar-refractivity contribution < 1.29 is 9.47 Å². The van der Waals surface area contributed by atoms with Crippen molar-refractivity contribution in [3.63, 3.8) is 0 Å². The largest absolute Gasteiger partial charge is 0.493 e. The lowest BCUT2D eigenvalue weighted by atomic mass is 10.1. The van der Waals surface area contributed by atoms with Gasteiger partial charge in [0.05, 0.1) is 24.6 Å². The van der Waals surface area contributed by atoms with Crippen molar-refractivity contribution in [2.45, 2.75) is 65.2 Å². The lowest BCUT2D eigenvalue weighted by Crippen LogP contribution is -2.02. The van der Waals surface area contributed by atoms with Gasteiger partial charge in [0.25, 0.3) is 0 Å². The zero-order valence-electron chi connectivity index (χ0n) is 28.0. The van der Waals surface area contributed by atoms with E-state index in [9.17, 15) is 0 Å². The molecule has 0 fully saturated rings. The fourth-order valence-corrected chi connectivity index (χ4v) is 5.62. The first kappa shape index (κ1) is 33.5. The van der Waals surface area contributed by atoms with Crippen molar-refractivity contribution >= 4 is 18.2 Å². The summed E-state index contributed by atoms with van der Waals surface area (Å²) in [5.74, 6) is 2.56. The molecule has 0 spiro atoms. The van der Waals surface area contributed by atoms with Crippen molar-refractivity contribution in [2.75, 3.05) is 13.2 Å². The molecule has 0 amide bonds. The number of hydrogen-bond donors (Lipinski definition) is 1. The highest BCUT2D eigenvalue weighted by Gasteiger charge is 2.15. The molecule has 5 aromatic rings. The molecular weight excluding hydrogens is 576 g/mol. The number of aromatic amines is 1. The maximum absolute atomic E-state index is 6.32. The molecule has 0 aliphatic carbocycles. The second-order valence-electron chi connectivity index (χ2n) is 11.9. The summed E-state index contributed by atoms with van der Waals surface area (Å²) in [6.07, 6.45) is 15.5. The lowest BCUT2D eigenvalue weighted by Gasteiger charge is -2.15. The molecule has 0 saturated carbocycles. The second-order valence-corrected chi connectivity index (χ2v) is 11.9. The van der Waals surface area contributed by atoms with E-state index in [2.05, 4.69) is 122 Å². The van der Waals surface area contributed by atoms with E-state index < -0.39 is 0 Å². The SMILES string of the molecule is C=Cc1cc(OCCCCCC)c(/C=C/c2ccc(-c3nc(-c4ccccc4)c(-c4ccccc4)[nH]3)cc2)cc1OCCCCCC. The standard InChI is InChI=1S/C43H48N2O2/c1-4-7-9-17-29-46-39-32-38(40(31-34(39)6-3)47-30-18-10-8-5-2)28-25-33-23-26-37(27-24-33)43-44-41(35-19-13-11-14-20-35)42(45-43)36-21-15-12-16-22-36/h6,11-16,19-28,31-32H,3-5,7-10,17-18,29-30H2,1-2H3,(H,44,45)/b28-25+. The molecule has 1 aromatic heterocycles. The highest BCUT2D eigenvalue weighted by molar-refractivity contribution is 5.82. The Balaban J connectivity index is 1.38. The third-order valence-electron chi connectivity index (χ3n) is 8.33. The lowest BCUT2D eigenvalue weighted by molar-refractivity contribution is 0.296. The number of imidazole rings is 1. The van der Waals surface area contributed by atoms with Gasteiger partial charge < -0.3 is 14.5 Å². The van der Waals surface area contributed by atoms with Crippen molar-refractivity contribution in [3.05, 3.63) is 120 Å². The molecule has 4 aromatic carbocycles. The maximum Gasteiger partial charge on any atom is 0.138 e. The van der Waals surface area contributed by atoms with E-state index in [1.54, 1.807) is 0 Å². The van der Waals surface area contributed by atoms with Crippen LogP contribution in [0.15, 0.2) is 104 Å². The van der Waals surface area contributed by atoms with Gasteiger partial charge in [-0.2, -0.15) is 0 Å². The number of aromatic nitrogens is 2. The molecule has 4 nitrogen and oxygen atoms in total. The van der Waals surface area contributed by atoms with E-state index >= 15 is 0 Å². The second kappa shape index (κ2) is 17.8. The van der Waals surface area contributed by atoms with Crippen molar-refractivity contribution in [2.24, 2.45) is 0 Å². The minimum Gasteiger partial charge on any atom is -0.493 e. The summed E-state index contributed by atoms with van der Waals surface area (Å²) in [7, 11) is 0. The molecule has 0 saturated heterocycles. The molecule has 0 unspecified atom stereocenters. The molecule has 47 heavy (non-hydrogen) atoms. The summed E-state index contributed by atoms with van der Waals surface area (Å²) in [6, 6.07) is 33.4. The number of hydrogen-bond acceptors (Lipinski definition) is 3. The normalized spacial score (nSPS) is 11.2. The Bertz CT molecular complexity index is 1650. The predicted octanol–water partition coefficient (Wildman–Crippen LogP) is 12.1. The van der Waals surface area contributed by atoms with Gasteiger partial charge in [-0.25, -0.2) is 4.98 Å². The summed E-state index contributed by atoms with van der Waals surface area (Å²) in [5, 5.41) is 0. The Morgan fingerprint density at radius 2 is 1.19 bits per heavy atom. The number of nitrogens with one attached hydrogen (secondary N) is 1. The topological polar surface area (TPSA) is 47.1 Å². The molecular formula is C43H48N2O2. The van der Waals surface area contributed by atoms with Gasteiger partial charge in [0.1, 0.15) is 17.3 Å². The van der Waals surface area contributed by atoms with Gasteiger partial charge in [-0.1, -0.05) is 162 Å². The fourth-order valence-electron chi connectivity index (χ4n) is 5.62. The van der Waals surface area contributed by atoms with E-state index in [1.807, 2.05) is 18.2 Å². The van der Waals surface area contributed by atoms with Crippen molar-refractivity contribution in [1.29, 1.82) is 0 Å². The molecule has 5 rings (SSSR count). The molecule has 1 heterocycles. The number of nitrogens with zero attached hydrogens (tertiary/aromatic N) is 1. The van der Waals surface area contributed by atoms with E-state index in [1.165, 1.54) is 38.5 Å². The predicted molar refractivity (Wildman–Crippen MR) is 200 cm³/mol. The summed E-state index contributed by atoms with van der Waals surface area (Å²) < 4.78 is 12.6. The van der Waals surface area contributed by atoms with Crippen LogP contribution in [0.2, 0.25) is 0 Å². The van der Waals surface area contributed by atoms with Crippen LogP contribution in [0.1, 0.15) is 81.9 Å². The van der Waals surface area contributed by atoms with E-state index in [-0.39, 0.29) is 0 Å². The van der Waals surface area contributed by atoms with E-state index in [4.69, 9.17) is 14.5 Å². The molecule has 0 aliphatic rings. The minimum atomic E-state index is 0.697. The smallest absolute Gasteiger partial charge is 0.138 e. The van der Waals surface area contributed by atoms with Crippen LogP contribution in [0.5, 0.6) is 11.5 Å². The monoisotopic (exact) mass is 624 g/mol. The van der Waals surface area contributed by atoms with Crippen LogP contribution in [-0.4, -0.2) is 23.2 Å². The summed E-state index contributed by atoms with van der Waals surface area (Å²) in [5.41, 5.74) is 8.26. The Kier molecular flexibility index (Phi) is 12.7. The van der Waals surface area contributed by atoms with Crippen molar-refractivity contribution in [3.8, 4) is 45.4 Å². The van der Waals surface area contributed by atoms with Gasteiger partial charge in [0, 0.05) is 27.8 Å². The summed E-state index contributed by atoms with van der Waals surface area (Å²) in [4.78, 5) is 8.67. The van der Waals surface area contributed by atoms with Gasteiger partial charge in [-0.05, 0) is 30.5 Å². The van der Waals surface area contributed by atoms with Crippen LogP contribution < -0.4 is 9.47 Å². The van der Waals surface area contributed by atoms with Crippen LogP contribution in [-0.2, 0) is 0 Å². The molecule has 4 heteroatoms. The molecule has 0 bridgehead atoms. The Labute approximate surface area is 281 Å². The average molecular weight is 625 g/mol. The van der Waals surface area contributed by atoms with Gasteiger partial charge in [-0.3, -0.25) is 0 Å². The Morgan fingerprint density at radius 1 is 0.617 bits per heavy atom. The number of H-pyrrole nitrogens is 1. The van der Waals surface area contributed by atoms with Crippen LogP contribution in [0.3, 0.4) is 0 Å². The van der Waals surface area contributed by atoms with Gasteiger partial charge >= 0.3 is 0 Å². The highest BCUT2D eigenvalue weighted by Crippen LogP contribution is 2.34. The quantitative estimate of drug-likeness (QED) is 0.0779. The average Bonchev–Trinajstić information content (AvgIpc) is 3.58. The van der Waals surface area contributed by atoms with Crippen LogP contribution in [0, 0.1) is 0 Å². The molecule has 0 atom stereocenters. The number of unbranched alkanes of at least 4 members (excludes halogenated alkanes) is 6. The number of ether oxygens (including phenoxy) is 2. The van der Waals surface area contributed by atoms with Crippen LogP contribution in [0.25, 0.3) is 52.1 Å². The first-order valence-electron chi connectivity index (χ1n) is 17.3. The fraction of sp³-hybridized carbons (Fsp3) is 0.279. The van der Waals surface area contributed by atoms with Gasteiger partial charge in [-0.15, -0.1) is 0 Å². The first-order chi connectivity index (χ1) is 23.2. The Morgan fingerprint density at radius 3 is 1.79 bits per heavy atom. The summed E-state index contributed by atoms with van der Waals surface area (Å²) in [6.45, 7) is 9.90. The third kappa shape index (κ3) is 9.36. The summed E-state index contributed by atoms with van der Waals surface area (Å²) >= 11 is 0. The zero-order chi connectivity index (χ0) is 32.7. The Hall–Kier alpha value is -4.83. The molecule has 242 valence electrons. The first-order valence-corrected chi connectivity index (χ1v) is 17.3. The zero-order valence-corrected chi connectivity index (χ0v) is 28.0. The van der Waals surface area contributed by atoms with Gasteiger partial charge in [0.15, 0.2) is 0 Å². The molecule has 1 N–H and O–H groups in total. The maximum atomic E-state index is 6.32. The van der Waals surface area contributed by atoms with Crippen LogP contribution >= 0.6 is 0 Å². The molecule has 0 radical (unpaired) electrons. The van der Waals surface area contributed by atoms with Gasteiger partial charge in [0.2, 0.25) is 0 Å². The van der Waals surface area contributed by atoms with E-state index in [0.29, 0.717) is 13.2 Å². The number of benzene rings is 4. The number of rotatable bonds is 18. The van der Waals surface area contributed by atoms with Crippen LogP contribution in [0.4, 0.5) is 0 Å². The highest BCUT2D eigenvalue weighted by atomic mass is 16.5. The van der Waals surface area contributed by atoms with Crippen molar-refractivity contribution in [1.82, 2.24) is 9.97 Å². The molecule has 0 aliphatic heterocycles. The third-order valence-corrected chi connectivity index (χ3v) is 8.33.